The molecule has 35 heavy (non-hydrogen) atoms. The van der Waals surface area contributed by atoms with Crippen LogP contribution in [0.3, 0.4) is 0 Å². The van der Waals surface area contributed by atoms with Crippen molar-refractivity contribution in [3.8, 4) is 0 Å². The number of nitrogens with zero attached hydrogens (tertiary/aromatic N) is 5. The summed E-state index contributed by atoms with van der Waals surface area (Å²) < 4.78 is 10.6. The summed E-state index contributed by atoms with van der Waals surface area (Å²) in [6.07, 6.45) is 5.29. The Morgan fingerprint density at radius 2 is 2.11 bits per heavy atom. The van der Waals surface area contributed by atoms with E-state index < -0.39 is 16.6 Å². The van der Waals surface area contributed by atoms with E-state index in [4.69, 9.17) is 15.2 Å². The summed E-state index contributed by atoms with van der Waals surface area (Å²) >= 11 is 0. The number of carbonyl (C=O) groups is 1. The van der Waals surface area contributed by atoms with Crippen molar-refractivity contribution in [1.82, 2.24) is 15.0 Å². The van der Waals surface area contributed by atoms with Crippen LogP contribution in [0.1, 0.15) is 56.7 Å². The van der Waals surface area contributed by atoms with Crippen LogP contribution in [0, 0.1) is 10.1 Å². The van der Waals surface area contributed by atoms with E-state index in [0.29, 0.717) is 19.8 Å². The van der Waals surface area contributed by atoms with Crippen LogP contribution in [0.5, 0.6) is 0 Å². The summed E-state index contributed by atoms with van der Waals surface area (Å²) in [6, 6.07) is 3.78. The maximum Gasteiger partial charge on any atom is 0.353 e. The number of rotatable bonds is 12. The van der Waals surface area contributed by atoms with Gasteiger partial charge in [0.15, 0.2) is 0 Å². The molecule has 2 aromatic rings. The molecule has 1 saturated heterocycles. The first-order valence-electron chi connectivity index (χ1n) is 11.9. The fraction of sp³-hybridized carbons (Fsp3) is 0.565. The quantitative estimate of drug-likeness (QED) is 0.196. The lowest BCUT2D eigenvalue weighted by molar-refractivity contribution is -0.383. The third kappa shape index (κ3) is 7.22. The van der Waals surface area contributed by atoms with Gasteiger partial charge in [0.1, 0.15) is 6.54 Å². The van der Waals surface area contributed by atoms with Crippen molar-refractivity contribution in [2.45, 2.75) is 52.0 Å². The molecule has 0 aromatic carbocycles. The number of nitro groups is 1. The molecule has 0 spiro atoms. The lowest BCUT2D eigenvalue weighted by atomic mass is 9.95. The maximum atomic E-state index is 12.4. The first-order chi connectivity index (χ1) is 16.9. The number of esters is 1. The molecule has 3 rings (SSSR count). The van der Waals surface area contributed by atoms with Crippen LogP contribution >= 0.6 is 0 Å². The molecule has 0 atom stereocenters. The number of nitrogens with one attached hydrogen (secondary N) is 1. The van der Waals surface area contributed by atoms with Crippen LogP contribution in [-0.2, 0) is 20.8 Å². The lowest BCUT2D eigenvalue weighted by Gasteiger charge is -2.25. The van der Waals surface area contributed by atoms with Gasteiger partial charge >= 0.3 is 11.7 Å². The van der Waals surface area contributed by atoms with Crippen LogP contribution in [-0.4, -0.2) is 58.8 Å². The van der Waals surface area contributed by atoms with Crippen molar-refractivity contribution in [2.75, 3.05) is 48.9 Å². The Labute approximate surface area is 204 Å². The Hall–Kier alpha value is -3.54. The fourth-order valence-corrected chi connectivity index (χ4v) is 3.91. The van der Waals surface area contributed by atoms with Crippen LogP contribution in [0.4, 0.5) is 23.3 Å². The van der Waals surface area contributed by atoms with Crippen molar-refractivity contribution >= 4 is 29.2 Å². The number of nitrogen functional groups attached to an aromatic ring is 1. The van der Waals surface area contributed by atoms with E-state index in [1.54, 1.807) is 13.1 Å². The molecule has 190 valence electrons. The van der Waals surface area contributed by atoms with E-state index in [1.807, 2.05) is 19.1 Å². The lowest BCUT2D eigenvalue weighted by Crippen LogP contribution is -2.32. The third-order valence-electron chi connectivity index (χ3n) is 5.67. The maximum absolute atomic E-state index is 12.4. The van der Waals surface area contributed by atoms with E-state index in [1.165, 1.54) is 4.90 Å². The monoisotopic (exact) mass is 487 g/mol. The zero-order chi connectivity index (χ0) is 25.2. The first-order valence-corrected chi connectivity index (χ1v) is 11.9. The van der Waals surface area contributed by atoms with E-state index in [2.05, 4.69) is 20.3 Å². The van der Waals surface area contributed by atoms with Crippen molar-refractivity contribution in [3.05, 3.63) is 39.7 Å². The third-order valence-corrected chi connectivity index (χ3v) is 5.67. The highest BCUT2D eigenvalue weighted by Crippen LogP contribution is 2.33. The summed E-state index contributed by atoms with van der Waals surface area (Å²) in [5.41, 5.74) is 7.28. The van der Waals surface area contributed by atoms with Crippen LogP contribution in [0.15, 0.2) is 18.3 Å². The highest BCUT2D eigenvalue weighted by molar-refractivity contribution is 5.79. The minimum absolute atomic E-state index is 0.0426. The molecule has 3 N–H and O–H groups in total. The molecule has 0 radical (unpaired) electrons. The highest BCUT2D eigenvalue weighted by atomic mass is 16.6. The zero-order valence-corrected chi connectivity index (χ0v) is 20.2. The zero-order valence-electron chi connectivity index (χ0n) is 20.2. The highest BCUT2D eigenvalue weighted by Gasteiger charge is 2.29. The number of unbranched alkanes of at least 4 members (excludes halogenated alkanes) is 1. The minimum atomic E-state index is -0.626. The largest absolute Gasteiger partial charge is 0.465 e. The predicted molar refractivity (Wildman–Crippen MR) is 131 cm³/mol. The Kier molecular flexibility index (Phi) is 9.53. The summed E-state index contributed by atoms with van der Waals surface area (Å²) in [5, 5.41) is 15.0. The van der Waals surface area contributed by atoms with Gasteiger partial charge in [0.25, 0.3) is 0 Å². The van der Waals surface area contributed by atoms with Gasteiger partial charge in [-0.2, -0.15) is 9.97 Å². The Morgan fingerprint density at radius 3 is 2.80 bits per heavy atom. The minimum Gasteiger partial charge on any atom is -0.465 e. The van der Waals surface area contributed by atoms with Crippen molar-refractivity contribution in [1.29, 1.82) is 0 Å². The predicted octanol–water partition coefficient (Wildman–Crippen LogP) is 3.04. The normalized spacial score (nSPS) is 13.9. The van der Waals surface area contributed by atoms with Crippen LogP contribution in [0.25, 0.3) is 0 Å². The van der Waals surface area contributed by atoms with Gasteiger partial charge < -0.3 is 25.4 Å². The van der Waals surface area contributed by atoms with E-state index >= 15 is 0 Å². The first kappa shape index (κ1) is 26.1. The number of ether oxygens (including phenoxy) is 2. The molecule has 0 amide bonds. The number of nitrogens with two attached hydrogens (primary N) is 1. The number of carbonyl (C=O) groups excluding carboxylic acids is 1. The molecular formula is C23H33N7O5. The smallest absolute Gasteiger partial charge is 0.353 e. The number of anilines is 3. The summed E-state index contributed by atoms with van der Waals surface area (Å²) in [5.74, 6) is -0.397. The van der Waals surface area contributed by atoms with E-state index in [-0.39, 0.29) is 43.2 Å². The number of pyridine rings is 1. The number of hydrogen-bond acceptors (Lipinski definition) is 11. The fourth-order valence-electron chi connectivity index (χ4n) is 3.91. The number of hydrogen-bond donors (Lipinski definition) is 2. The molecule has 0 saturated carbocycles. The average Bonchev–Trinajstić information content (AvgIpc) is 2.84. The molecule has 0 unspecified atom stereocenters. The van der Waals surface area contributed by atoms with Gasteiger partial charge in [-0.05, 0) is 43.9 Å². The van der Waals surface area contributed by atoms with Crippen LogP contribution < -0.4 is 16.0 Å². The SMILES string of the molecule is CCCCNc1nc(N)c([N+](=O)[O-])c(N(CC(=O)OCC)Cc2ccnc(C3CCOCC3)c2)n1. The Morgan fingerprint density at radius 1 is 1.34 bits per heavy atom. The van der Waals surface area contributed by atoms with Gasteiger partial charge in [-0.3, -0.25) is 19.9 Å². The summed E-state index contributed by atoms with van der Waals surface area (Å²) in [4.78, 5) is 38.2. The second-order valence-corrected chi connectivity index (χ2v) is 8.28. The topological polar surface area (TPSA) is 159 Å². The average molecular weight is 488 g/mol. The molecule has 1 aliphatic heterocycles. The van der Waals surface area contributed by atoms with Crippen LogP contribution in [0.2, 0.25) is 0 Å². The van der Waals surface area contributed by atoms with Gasteiger partial charge in [-0.25, -0.2) is 0 Å². The van der Waals surface area contributed by atoms with Gasteiger partial charge in [-0.15, -0.1) is 0 Å². The van der Waals surface area contributed by atoms with Crippen molar-refractivity contribution in [3.63, 3.8) is 0 Å². The molecule has 12 heteroatoms. The standard InChI is InChI=1S/C23H33N7O5/c1-3-5-9-26-23-27-21(24)20(30(32)33)22(28-23)29(15-19(31)35-4-2)14-16-6-10-25-18(13-16)17-7-11-34-12-8-17/h6,10,13,17H,3-5,7-9,11-12,14-15H2,1-2H3,(H3,24,26,27,28). The van der Waals surface area contributed by atoms with Crippen molar-refractivity contribution < 1.29 is 19.2 Å². The second-order valence-electron chi connectivity index (χ2n) is 8.28. The summed E-state index contributed by atoms with van der Waals surface area (Å²) in [7, 11) is 0. The number of aromatic nitrogens is 3. The Bertz CT molecular complexity index is 1010. The van der Waals surface area contributed by atoms with E-state index in [9.17, 15) is 14.9 Å². The van der Waals surface area contributed by atoms with E-state index in [0.717, 1.165) is 36.9 Å². The van der Waals surface area contributed by atoms with Gasteiger partial charge in [-0.1, -0.05) is 13.3 Å². The molecule has 0 aliphatic carbocycles. The molecule has 3 heterocycles. The molecular weight excluding hydrogens is 454 g/mol. The molecule has 2 aromatic heterocycles. The van der Waals surface area contributed by atoms with Gasteiger partial charge in [0.2, 0.25) is 17.6 Å². The molecule has 12 nitrogen and oxygen atoms in total. The molecule has 0 bridgehead atoms. The van der Waals surface area contributed by atoms with Crippen molar-refractivity contribution in [2.24, 2.45) is 0 Å². The van der Waals surface area contributed by atoms with Gasteiger partial charge in [0.05, 0.1) is 11.5 Å². The Balaban J connectivity index is 1.97. The van der Waals surface area contributed by atoms with Gasteiger partial charge in [0, 0.05) is 44.1 Å². The summed E-state index contributed by atoms with van der Waals surface area (Å²) in [6.45, 7) is 5.82. The second kappa shape index (κ2) is 12.8. The molecule has 1 aliphatic rings. The molecule has 1 fully saturated rings.